The molecule has 6 heteroatoms. The topological polar surface area (TPSA) is 109 Å². The zero-order valence-corrected chi connectivity index (χ0v) is 6.53. The highest BCUT2D eigenvalue weighted by molar-refractivity contribution is 6.04. The Kier molecular flexibility index (Phi) is 5.65. The molecule has 0 saturated carbocycles. The van der Waals surface area contributed by atoms with E-state index in [1.54, 1.807) is 0 Å². The van der Waals surface area contributed by atoms with Gasteiger partial charge in [0.15, 0.2) is 5.78 Å². The quantitative estimate of drug-likeness (QED) is 0.513. The lowest BCUT2D eigenvalue weighted by Crippen LogP contribution is -2.41. The van der Waals surface area contributed by atoms with Gasteiger partial charge in [-0.15, -0.1) is 0 Å². The molecule has 0 aromatic rings. The Morgan fingerprint density at radius 3 is 1.58 bits per heavy atom. The number of ketones is 1. The molecule has 0 bridgehead atoms. The minimum atomic E-state index is -2.22. The molecule has 6 nitrogen and oxygen atoms in total. The lowest BCUT2D eigenvalue weighted by Gasteiger charge is -2.11. The molecule has 0 aromatic heterocycles. The molecule has 0 aliphatic carbocycles. The maximum atomic E-state index is 10.3. The molecular weight excluding hydrogens is 168 g/mol. The van der Waals surface area contributed by atoms with Gasteiger partial charge < -0.3 is 10.2 Å². The van der Waals surface area contributed by atoms with Crippen LogP contribution in [0.1, 0.15) is 13.8 Å². The van der Waals surface area contributed by atoms with Gasteiger partial charge in [-0.25, -0.2) is 4.79 Å². The number of carbonyl (C=O) groups is 2. The fraction of sp³-hybridized carbons (Fsp3) is 0.500. The van der Waals surface area contributed by atoms with E-state index in [0.29, 0.717) is 0 Å². The first-order valence-electron chi connectivity index (χ1n) is 2.76. The van der Waals surface area contributed by atoms with Crippen molar-refractivity contribution in [1.29, 1.82) is 0 Å². The Hall–Kier alpha value is -1.52. The second kappa shape index (κ2) is 5.17. The number of aliphatic carboxylic acids is 1. The maximum absolute atomic E-state index is 10.3. The van der Waals surface area contributed by atoms with E-state index in [1.165, 1.54) is 0 Å². The standard InChI is InChI=1S/C5H8O4.CO2/c1-3(6)5(2,9)4(7)8;2-1-3/h9H,1-2H3,(H,7,8);. The van der Waals surface area contributed by atoms with E-state index < -0.39 is 17.4 Å². The lowest BCUT2D eigenvalue weighted by molar-refractivity contribution is -0.191. The third-order valence-electron chi connectivity index (χ3n) is 1.10. The van der Waals surface area contributed by atoms with E-state index in [-0.39, 0.29) is 6.15 Å². The van der Waals surface area contributed by atoms with Crippen molar-refractivity contribution in [2.75, 3.05) is 0 Å². The van der Waals surface area contributed by atoms with Gasteiger partial charge in [-0.1, -0.05) is 0 Å². The Morgan fingerprint density at radius 2 is 1.58 bits per heavy atom. The molecule has 68 valence electrons. The van der Waals surface area contributed by atoms with Crippen molar-refractivity contribution in [3.05, 3.63) is 0 Å². The summed E-state index contributed by atoms with van der Waals surface area (Å²) in [7, 11) is 0. The van der Waals surface area contributed by atoms with Gasteiger partial charge in [-0.2, -0.15) is 9.59 Å². The second-order valence-corrected chi connectivity index (χ2v) is 2.02. The predicted octanol–water partition coefficient (Wildman–Crippen LogP) is -1.17. The fourth-order valence-corrected chi connectivity index (χ4v) is 0.151. The van der Waals surface area contributed by atoms with Gasteiger partial charge in [0.1, 0.15) is 0 Å². The molecule has 0 aromatic carbocycles. The van der Waals surface area contributed by atoms with Crippen LogP contribution in [-0.2, 0) is 19.2 Å². The van der Waals surface area contributed by atoms with Crippen LogP contribution in [0.2, 0.25) is 0 Å². The van der Waals surface area contributed by atoms with E-state index in [1.807, 2.05) is 0 Å². The smallest absolute Gasteiger partial charge is 0.373 e. The Morgan fingerprint density at radius 1 is 1.33 bits per heavy atom. The summed E-state index contributed by atoms with van der Waals surface area (Å²) in [6, 6.07) is 0. The molecule has 0 radical (unpaired) electrons. The number of carbonyl (C=O) groups excluding carboxylic acids is 3. The van der Waals surface area contributed by atoms with Gasteiger partial charge in [-0.05, 0) is 13.8 Å². The van der Waals surface area contributed by atoms with Crippen molar-refractivity contribution in [2.45, 2.75) is 19.4 Å². The van der Waals surface area contributed by atoms with Crippen molar-refractivity contribution < 1.29 is 29.4 Å². The van der Waals surface area contributed by atoms with E-state index >= 15 is 0 Å². The summed E-state index contributed by atoms with van der Waals surface area (Å²) >= 11 is 0. The normalized spacial score (nSPS) is 12.9. The van der Waals surface area contributed by atoms with Crippen LogP contribution in [0.3, 0.4) is 0 Å². The molecule has 0 aliphatic rings. The van der Waals surface area contributed by atoms with E-state index in [0.717, 1.165) is 13.8 Å². The molecule has 12 heavy (non-hydrogen) atoms. The van der Waals surface area contributed by atoms with Crippen LogP contribution < -0.4 is 0 Å². The van der Waals surface area contributed by atoms with Crippen LogP contribution in [0.5, 0.6) is 0 Å². The highest BCUT2D eigenvalue weighted by Gasteiger charge is 2.35. The average Bonchev–Trinajstić information content (AvgIpc) is 1.88. The lowest BCUT2D eigenvalue weighted by atomic mass is 10.0. The molecule has 0 aliphatic heterocycles. The first kappa shape index (κ1) is 13.1. The fourth-order valence-electron chi connectivity index (χ4n) is 0.151. The summed E-state index contributed by atoms with van der Waals surface area (Å²) in [5, 5.41) is 16.9. The van der Waals surface area contributed by atoms with Gasteiger partial charge in [0.05, 0.1) is 0 Å². The SMILES string of the molecule is CC(=O)C(C)(O)C(=O)O.O=C=O. The number of hydrogen-bond donors (Lipinski definition) is 2. The van der Waals surface area contributed by atoms with E-state index in [4.69, 9.17) is 19.8 Å². The summed E-state index contributed by atoms with van der Waals surface area (Å²) in [5.41, 5.74) is -2.22. The van der Waals surface area contributed by atoms with Crippen molar-refractivity contribution in [3.8, 4) is 0 Å². The number of Topliss-reactive ketones (excluding diaryl/α,β-unsaturated/α-hetero) is 1. The van der Waals surface area contributed by atoms with Gasteiger partial charge >= 0.3 is 12.1 Å². The van der Waals surface area contributed by atoms with Gasteiger partial charge in [0, 0.05) is 0 Å². The predicted molar refractivity (Wildman–Crippen MR) is 33.9 cm³/mol. The van der Waals surface area contributed by atoms with Crippen LogP contribution in [0, 0.1) is 0 Å². The number of carboxylic acids is 1. The summed E-state index contributed by atoms with van der Waals surface area (Å²) < 4.78 is 0. The minimum Gasteiger partial charge on any atom is -0.479 e. The number of rotatable bonds is 2. The number of hydrogen-bond acceptors (Lipinski definition) is 5. The van der Waals surface area contributed by atoms with Crippen LogP contribution in [-0.4, -0.2) is 33.7 Å². The highest BCUT2D eigenvalue weighted by atomic mass is 16.4. The molecule has 0 rings (SSSR count). The highest BCUT2D eigenvalue weighted by Crippen LogP contribution is 2.03. The molecule has 0 amide bonds. The summed E-state index contributed by atoms with van der Waals surface area (Å²) in [6.45, 7) is 1.96. The van der Waals surface area contributed by atoms with Gasteiger partial charge in [-0.3, -0.25) is 4.79 Å². The average molecular weight is 176 g/mol. The number of carboxylic acid groups (broad SMARTS) is 1. The molecule has 0 heterocycles. The molecule has 2 N–H and O–H groups in total. The van der Waals surface area contributed by atoms with Gasteiger partial charge in [0.25, 0.3) is 0 Å². The van der Waals surface area contributed by atoms with Crippen molar-refractivity contribution in [3.63, 3.8) is 0 Å². The molecule has 0 spiro atoms. The van der Waals surface area contributed by atoms with Crippen LogP contribution in [0.15, 0.2) is 0 Å². The monoisotopic (exact) mass is 176 g/mol. The summed E-state index contributed by atoms with van der Waals surface area (Å²) in [5.74, 6) is -2.29. The van der Waals surface area contributed by atoms with E-state index in [9.17, 15) is 9.59 Å². The molecule has 0 fully saturated rings. The Balaban J connectivity index is 0. The molecule has 1 unspecified atom stereocenters. The van der Waals surface area contributed by atoms with Crippen molar-refractivity contribution in [1.82, 2.24) is 0 Å². The van der Waals surface area contributed by atoms with Crippen molar-refractivity contribution >= 4 is 17.9 Å². The van der Waals surface area contributed by atoms with Gasteiger partial charge in [0.2, 0.25) is 5.60 Å². The first-order valence-corrected chi connectivity index (χ1v) is 2.76. The number of aliphatic hydroxyl groups is 1. The Labute approximate surface area is 67.8 Å². The summed E-state index contributed by atoms with van der Waals surface area (Å²) in [6.07, 6.45) is 0.250. The third kappa shape index (κ3) is 4.32. The van der Waals surface area contributed by atoms with Crippen molar-refractivity contribution in [2.24, 2.45) is 0 Å². The maximum Gasteiger partial charge on any atom is 0.373 e. The third-order valence-corrected chi connectivity index (χ3v) is 1.10. The molecular formula is C6H8O6. The minimum absolute atomic E-state index is 0.250. The second-order valence-electron chi connectivity index (χ2n) is 2.02. The Bertz CT molecular complexity index is 194. The zero-order valence-electron chi connectivity index (χ0n) is 6.53. The molecule has 0 saturated heterocycles. The summed E-state index contributed by atoms with van der Waals surface area (Å²) in [4.78, 5) is 36.5. The van der Waals surface area contributed by atoms with E-state index in [2.05, 4.69) is 0 Å². The van der Waals surface area contributed by atoms with Crippen LogP contribution >= 0.6 is 0 Å². The zero-order chi connectivity index (χ0) is 10.4. The van der Waals surface area contributed by atoms with Crippen LogP contribution in [0.25, 0.3) is 0 Å². The van der Waals surface area contributed by atoms with Crippen LogP contribution in [0.4, 0.5) is 0 Å². The first-order chi connectivity index (χ1) is 5.30. The largest absolute Gasteiger partial charge is 0.479 e. The molecule has 1 atom stereocenters.